The molecule has 2 aliphatic rings. The highest BCUT2D eigenvalue weighted by molar-refractivity contribution is 6.05. The summed E-state index contributed by atoms with van der Waals surface area (Å²) < 4.78 is 11.5. The van der Waals surface area contributed by atoms with Crippen molar-refractivity contribution in [2.45, 2.75) is 18.9 Å². The molecule has 0 radical (unpaired) electrons. The predicted octanol–water partition coefficient (Wildman–Crippen LogP) is 3.04. The molecule has 7 nitrogen and oxygen atoms in total. The Morgan fingerprint density at radius 3 is 2.86 bits per heavy atom. The Kier molecular flexibility index (Phi) is 4.44. The van der Waals surface area contributed by atoms with Gasteiger partial charge in [-0.2, -0.15) is 0 Å². The maximum atomic E-state index is 13.1. The number of hydrogen-bond acceptors (Lipinski definition) is 6. The molecule has 28 heavy (non-hydrogen) atoms. The van der Waals surface area contributed by atoms with E-state index in [1.54, 1.807) is 12.5 Å². The first-order chi connectivity index (χ1) is 13.8. The third kappa shape index (κ3) is 3.11. The summed E-state index contributed by atoms with van der Waals surface area (Å²) in [5.41, 5.74) is 2.14. The predicted molar refractivity (Wildman–Crippen MR) is 104 cm³/mol. The van der Waals surface area contributed by atoms with Gasteiger partial charge in [-0.15, -0.1) is 0 Å². The highest BCUT2D eigenvalue weighted by atomic mass is 16.5. The normalized spacial score (nSPS) is 20.1. The fourth-order valence-corrected chi connectivity index (χ4v) is 3.94. The number of morpholine rings is 1. The number of hydrogen-bond donors (Lipinski definition) is 0. The maximum absolute atomic E-state index is 13.1. The Labute approximate surface area is 162 Å². The highest BCUT2D eigenvalue weighted by Gasteiger charge is 2.29. The van der Waals surface area contributed by atoms with Gasteiger partial charge in [0.25, 0.3) is 5.91 Å². The van der Waals surface area contributed by atoms with E-state index in [-0.39, 0.29) is 12.0 Å². The first-order valence-electron chi connectivity index (χ1n) is 9.74. The van der Waals surface area contributed by atoms with Crippen LogP contribution in [0, 0.1) is 0 Å². The van der Waals surface area contributed by atoms with Crippen LogP contribution in [0.1, 0.15) is 35.0 Å². The molecule has 2 saturated heterocycles. The molecule has 1 unspecified atom stereocenters. The van der Waals surface area contributed by atoms with E-state index >= 15 is 0 Å². The average molecular weight is 378 g/mol. The Morgan fingerprint density at radius 1 is 1.11 bits per heavy atom. The molecule has 2 aromatic heterocycles. The third-order valence-corrected chi connectivity index (χ3v) is 5.45. The largest absolute Gasteiger partial charge is 0.463 e. The number of carbonyl (C=O) groups is 1. The van der Waals surface area contributed by atoms with Gasteiger partial charge in [0.05, 0.1) is 24.4 Å². The molecule has 1 atom stereocenters. The zero-order valence-corrected chi connectivity index (χ0v) is 15.6. The number of nitrogens with zero attached hydrogens (tertiary/aromatic N) is 4. The summed E-state index contributed by atoms with van der Waals surface area (Å²) in [5.74, 6) is 0.718. The minimum absolute atomic E-state index is 0.0351. The molecule has 2 fully saturated rings. The molecule has 7 heteroatoms. The molecule has 2 aliphatic heterocycles. The SMILES string of the molecule is O=C(c1coc2ccccc12)N1CCOC(c2ccnc(N3CCCC3)n2)C1. The van der Waals surface area contributed by atoms with Crippen LogP contribution in [0.5, 0.6) is 0 Å². The number of furan rings is 1. The molecular weight excluding hydrogens is 356 g/mol. The third-order valence-electron chi connectivity index (χ3n) is 5.45. The monoisotopic (exact) mass is 378 g/mol. The van der Waals surface area contributed by atoms with Gasteiger partial charge in [0.2, 0.25) is 5.95 Å². The van der Waals surface area contributed by atoms with Gasteiger partial charge >= 0.3 is 0 Å². The maximum Gasteiger partial charge on any atom is 0.257 e. The van der Waals surface area contributed by atoms with Gasteiger partial charge in [0, 0.05) is 31.2 Å². The van der Waals surface area contributed by atoms with Gasteiger partial charge in [-0.05, 0) is 25.0 Å². The van der Waals surface area contributed by atoms with E-state index in [1.807, 2.05) is 35.2 Å². The molecule has 1 aromatic carbocycles. The van der Waals surface area contributed by atoms with E-state index in [2.05, 4.69) is 9.88 Å². The summed E-state index contributed by atoms with van der Waals surface area (Å²) in [5, 5.41) is 0.842. The molecule has 144 valence electrons. The van der Waals surface area contributed by atoms with Crippen LogP contribution in [0.15, 0.2) is 47.2 Å². The summed E-state index contributed by atoms with van der Waals surface area (Å²) in [4.78, 5) is 26.3. The topological polar surface area (TPSA) is 71.7 Å². The van der Waals surface area contributed by atoms with Gasteiger partial charge in [0.1, 0.15) is 18.0 Å². The summed E-state index contributed by atoms with van der Waals surface area (Å²) in [7, 11) is 0. The summed E-state index contributed by atoms with van der Waals surface area (Å²) in [6.07, 6.45) is 5.43. The molecule has 0 bridgehead atoms. The van der Waals surface area contributed by atoms with E-state index in [1.165, 1.54) is 12.8 Å². The van der Waals surface area contributed by atoms with E-state index in [9.17, 15) is 4.79 Å². The number of para-hydroxylation sites is 1. The average Bonchev–Trinajstić information content (AvgIpc) is 3.44. The lowest BCUT2D eigenvalue weighted by atomic mass is 10.1. The van der Waals surface area contributed by atoms with Crippen LogP contribution in [0.2, 0.25) is 0 Å². The second kappa shape index (κ2) is 7.24. The highest BCUT2D eigenvalue weighted by Crippen LogP contribution is 2.27. The number of anilines is 1. The second-order valence-corrected chi connectivity index (χ2v) is 7.23. The molecular formula is C21H22N4O3. The number of amides is 1. The van der Waals surface area contributed by atoms with Crippen LogP contribution in [0.4, 0.5) is 5.95 Å². The summed E-state index contributed by atoms with van der Waals surface area (Å²) in [6, 6.07) is 9.48. The van der Waals surface area contributed by atoms with Crippen LogP contribution in [-0.2, 0) is 4.74 Å². The van der Waals surface area contributed by atoms with Crippen LogP contribution in [-0.4, -0.2) is 53.6 Å². The number of benzene rings is 1. The van der Waals surface area contributed by atoms with Gasteiger partial charge in [-0.1, -0.05) is 18.2 Å². The van der Waals surface area contributed by atoms with Crippen LogP contribution in [0.25, 0.3) is 11.0 Å². The number of rotatable bonds is 3. The van der Waals surface area contributed by atoms with E-state index < -0.39 is 0 Å². The number of carbonyl (C=O) groups excluding carboxylic acids is 1. The van der Waals surface area contributed by atoms with Gasteiger partial charge in [0.15, 0.2) is 0 Å². The van der Waals surface area contributed by atoms with E-state index in [4.69, 9.17) is 14.1 Å². The molecule has 1 amide bonds. The lowest BCUT2D eigenvalue weighted by Crippen LogP contribution is -2.42. The van der Waals surface area contributed by atoms with Gasteiger partial charge in [-0.3, -0.25) is 4.79 Å². The minimum Gasteiger partial charge on any atom is -0.463 e. The molecule has 0 aliphatic carbocycles. The Hall–Kier alpha value is -2.93. The van der Waals surface area contributed by atoms with Crippen LogP contribution in [0.3, 0.4) is 0 Å². The molecule has 0 spiro atoms. The molecule has 3 aromatic rings. The number of ether oxygens (including phenoxy) is 1. The Morgan fingerprint density at radius 2 is 1.96 bits per heavy atom. The standard InChI is InChI=1S/C21H22N4O3/c26-20(16-14-28-18-6-2-1-5-15(16)18)25-11-12-27-19(13-25)17-7-8-22-21(23-17)24-9-3-4-10-24/h1-2,5-8,14,19H,3-4,9-13H2. The Bertz CT molecular complexity index is 996. The number of aromatic nitrogens is 2. The fourth-order valence-electron chi connectivity index (χ4n) is 3.94. The van der Waals surface area contributed by atoms with E-state index in [0.29, 0.717) is 25.3 Å². The first kappa shape index (κ1) is 17.2. The van der Waals surface area contributed by atoms with E-state index in [0.717, 1.165) is 35.7 Å². The van der Waals surface area contributed by atoms with Crippen molar-refractivity contribution in [2.75, 3.05) is 37.7 Å². The smallest absolute Gasteiger partial charge is 0.257 e. The Balaban J connectivity index is 1.36. The van der Waals surface area contributed by atoms with Crippen LogP contribution >= 0.6 is 0 Å². The minimum atomic E-state index is -0.250. The summed E-state index contributed by atoms with van der Waals surface area (Å²) in [6.45, 7) is 3.49. The van der Waals surface area contributed by atoms with Crippen molar-refractivity contribution in [3.8, 4) is 0 Å². The summed E-state index contributed by atoms with van der Waals surface area (Å²) >= 11 is 0. The van der Waals surface area contributed by atoms with Gasteiger partial charge < -0.3 is 19.0 Å². The van der Waals surface area contributed by atoms with Crippen molar-refractivity contribution in [1.29, 1.82) is 0 Å². The van der Waals surface area contributed by atoms with Crippen molar-refractivity contribution in [2.24, 2.45) is 0 Å². The number of fused-ring (bicyclic) bond motifs is 1. The molecule has 0 saturated carbocycles. The van der Waals surface area contributed by atoms with Crippen molar-refractivity contribution < 1.29 is 13.9 Å². The van der Waals surface area contributed by atoms with Crippen molar-refractivity contribution in [1.82, 2.24) is 14.9 Å². The second-order valence-electron chi connectivity index (χ2n) is 7.23. The first-order valence-corrected chi connectivity index (χ1v) is 9.74. The lowest BCUT2D eigenvalue weighted by molar-refractivity contribution is -0.0247. The quantitative estimate of drug-likeness (QED) is 0.698. The van der Waals surface area contributed by atoms with Crippen molar-refractivity contribution in [3.63, 3.8) is 0 Å². The zero-order valence-electron chi connectivity index (χ0n) is 15.6. The molecule has 4 heterocycles. The van der Waals surface area contributed by atoms with Crippen molar-refractivity contribution >= 4 is 22.8 Å². The molecule has 0 N–H and O–H groups in total. The fraction of sp³-hybridized carbons (Fsp3) is 0.381. The van der Waals surface area contributed by atoms with Gasteiger partial charge in [-0.25, -0.2) is 9.97 Å². The van der Waals surface area contributed by atoms with Crippen molar-refractivity contribution in [3.05, 3.63) is 54.0 Å². The van der Waals surface area contributed by atoms with Crippen LogP contribution < -0.4 is 4.90 Å². The zero-order chi connectivity index (χ0) is 18.9. The molecule has 5 rings (SSSR count). The lowest BCUT2D eigenvalue weighted by Gasteiger charge is -2.32.